The number of nitrogens with one attached hydrogen (secondary N) is 2. The molecule has 0 atom stereocenters. The predicted molar refractivity (Wildman–Crippen MR) is 50.3 cm³/mol. The van der Waals surface area contributed by atoms with Crippen molar-refractivity contribution in [2.24, 2.45) is 0 Å². The molecule has 7 heteroatoms. The highest BCUT2D eigenvalue weighted by atomic mass is 16.5. The molecule has 2 N–H and O–H groups in total. The summed E-state index contributed by atoms with van der Waals surface area (Å²) in [7, 11) is 0. The Hall–Kier alpha value is -2.18. The van der Waals surface area contributed by atoms with Crippen LogP contribution in [0.25, 0.3) is 0 Å². The summed E-state index contributed by atoms with van der Waals surface area (Å²) < 4.78 is 4.75. The highest BCUT2D eigenvalue weighted by Crippen LogP contribution is 2.07. The second-order valence-electron chi connectivity index (χ2n) is 3.01. The standard InChI is InChI=1S/C8H9N5O2/c1-4-6(3-9-12-4)7(14)11-8-10-5(2)13-15-8/h3H,1-2H3,(H,9,12)(H,10,11,13,14). The van der Waals surface area contributed by atoms with E-state index in [1.807, 2.05) is 0 Å². The van der Waals surface area contributed by atoms with Gasteiger partial charge in [0.05, 0.1) is 11.8 Å². The molecular formula is C8H9N5O2. The normalized spacial score (nSPS) is 10.3. The molecule has 0 spiro atoms. The summed E-state index contributed by atoms with van der Waals surface area (Å²) in [6.45, 7) is 3.42. The first-order valence-corrected chi connectivity index (χ1v) is 4.28. The van der Waals surface area contributed by atoms with Crippen molar-refractivity contribution in [1.29, 1.82) is 0 Å². The molecule has 2 aromatic rings. The molecule has 0 saturated carbocycles. The maximum absolute atomic E-state index is 11.6. The van der Waals surface area contributed by atoms with E-state index in [0.29, 0.717) is 17.1 Å². The Balaban J connectivity index is 2.14. The fourth-order valence-electron chi connectivity index (χ4n) is 1.09. The van der Waals surface area contributed by atoms with Crippen molar-refractivity contribution < 1.29 is 9.32 Å². The van der Waals surface area contributed by atoms with E-state index < -0.39 is 0 Å². The lowest BCUT2D eigenvalue weighted by atomic mass is 10.2. The number of hydrogen-bond donors (Lipinski definition) is 2. The molecule has 0 saturated heterocycles. The largest absolute Gasteiger partial charge is 0.328 e. The molecule has 0 aliphatic heterocycles. The number of anilines is 1. The number of aromatic nitrogens is 4. The Morgan fingerprint density at radius 3 is 2.87 bits per heavy atom. The van der Waals surface area contributed by atoms with Gasteiger partial charge >= 0.3 is 6.01 Å². The van der Waals surface area contributed by atoms with Crippen molar-refractivity contribution in [2.45, 2.75) is 13.8 Å². The molecular weight excluding hydrogens is 198 g/mol. The van der Waals surface area contributed by atoms with Crippen LogP contribution in [0.1, 0.15) is 21.9 Å². The van der Waals surface area contributed by atoms with E-state index in [1.165, 1.54) is 6.20 Å². The first-order chi connectivity index (χ1) is 7.16. The topological polar surface area (TPSA) is 96.7 Å². The molecule has 0 bridgehead atoms. The van der Waals surface area contributed by atoms with E-state index in [2.05, 4.69) is 25.7 Å². The summed E-state index contributed by atoms with van der Waals surface area (Å²) in [5.74, 6) is 0.138. The van der Waals surface area contributed by atoms with Gasteiger partial charge in [0, 0.05) is 5.69 Å². The van der Waals surface area contributed by atoms with Crippen LogP contribution in [0.5, 0.6) is 0 Å². The van der Waals surface area contributed by atoms with Crippen molar-refractivity contribution >= 4 is 11.9 Å². The number of hydrogen-bond acceptors (Lipinski definition) is 5. The van der Waals surface area contributed by atoms with Gasteiger partial charge in [-0.1, -0.05) is 5.16 Å². The molecule has 2 heterocycles. The molecule has 0 fully saturated rings. The monoisotopic (exact) mass is 207 g/mol. The van der Waals surface area contributed by atoms with Crippen molar-refractivity contribution in [3.8, 4) is 0 Å². The maximum Gasteiger partial charge on any atom is 0.328 e. The van der Waals surface area contributed by atoms with E-state index in [-0.39, 0.29) is 11.9 Å². The van der Waals surface area contributed by atoms with Gasteiger partial charge in [0.2, 0.25) is 0 Å². The summed E-state index contributed by atoms with van der Waals surface area (Å²) in [4.78, 5) is 15.5. The van der Waals surface area contributed by atoms with Gasteiger partial charge in [0.25, 0.3) is 5.91 Å². The van der Waals surface area contributed by atoms with Gasteiger partial charge < -0.3 is 4.52 Å². The summed E-state index contributed by atoms with van der Waals surface area (Å²) in [6, 6.07) is 0.0816. The number of aromatic amines is 1. The van der Waals surface area contributed by atoms with Gasteiger partial charge in [0.15, 0.2) is 5.82 Å². The molecule has 2 aromatic heterocycles. The van der Waals surface area contributed by atoms with Gasteiger partial charge in [-0.05, 0) is 13.8 Å². The SMILES string of the molecule is Cc1noc(NC(=O)c2cn[nH]c2C)n1. The molecule has 78 valence electrons. The zero-order valence-electron chi connectivity index (χ0n) is 8.24. The molecule has 0 aliphatic rings. The van der Waals surface area contributed by atoms with Gasteiger partial charge in [-0.3, -0.25) is 15.2 Å². The number of nitrogens with zero attached hydrogens (tertiary/aromatic N) is 3. The highest BCUT2D eigenvalue weighted by molar-refractivity contribution is 6.03. The average molecular weight is 207 g/mol. The van der Waals surface area contributed by atoms with E-state index in [9.17, 15) is 4.79 Å². The Morgan fingerprint density at radius 1 is 1.53 bits per heavy atom. The number of amides is 1. The summed E-state index contributed by atoms with van der Waals surface area (Å²) in [5.41, 5.74) is 1.13. The minimum atomic E-state index is -0.329. The van der Waals surface area contributed by atoms with Gasteiger partial charge in [-0.25, -0.2) is 0 Å². The van der Waals surface area contributed by atoms with Gasteiger partial charge in [-0.2, -0.15) is 10.1 Å². The van der Waals surface area contributed by atoms with E-state index in [4.69, 9.17) is 4.52 Å². The molecule has 0 aliphatic carbocycles. The smallest absolute Gasteiger partial charge is 0.315 e. The fraction of sp³-hybridized carbons (Fsp3) is 0.250. The van der Waals surface area contributed by atoms with Crippen molar-refractivity contribution in [1.82, 2.24) is 20.3 Å². The fourth-order valence-corrected chi connectivity index (χ4v) is 1.09. The summed E-state index contributed by atoms with van der Waals surface area (Å²) in [6.07, 6.45) is 1.44. The van der Waals surface area contributed by atoms with Gasteiger partial charge in [-0.15, -0.1) is 0 Å². The molecule has 1 amide bonds. The first kappa shape index (κ1) is 9.38. The maximum atomic E-state index is 11.6. The quantitative estimate of drug-likeness (QED) is 0.754. The highest BCUT2D eigenvalue weighted by Gasteiger charge is 2.13. The van der Waals surface area contributed by atoms with Crippen LogP contribution >= 0.6 is 0 Å². The number of H-pyrrole nitrogens is 1. The van der Waals surface area contributed by atoms with Crippen LogP contribution in [0.3, 0.4) is 0 Å². The molecule has 7 nitrogen and oxygen atoms in total. The molecule has 15 heavy (non-hydrogen) atoms. The Kier molecular flexibility index (Phi) is 2.20. The Labute approximate surface area is 84.9 Å². The second kappa shape index (κ2) is 3.52. The third kappa shape index (κ3) is 1.85. The third-order valence-electron chi connectivity index (χ3n) is 1.82. The summed E-state index contributed by atoms with van der Waals surface area (Å²) >= 11 is 0. The summed E-state index contributed by atoms with van der Waals surface area (Å²) in [5, 5.41) is 12.4. The van der Waals surface area contributed by atoms with Crippen LogP contribution in [0.4, 0.5) is 6.01 Å². The Morgan fingerprint density at radius 2 is 2.33 bits per heavy atom. The number of rotatable bonds is 2. The first-order valence-electron chi connectivity index (χ1n) is 4.28. The van der Waals surface area contributed by atoms with Crippen molar-refractivity contribution in [3.63, 3.8) is 0 Å². The lowest BCUT2D eigenvalue weighted by Crippen LogP contribution is -2.12. The van der Waals surface area contributed by atoms with Crippen LogP contribution in [-0.2, 0) is 0 Å². The van der Waals surface area contributed by atoms with Crippen LogP contribution in [-0.4, -0.2) is 26.2 Å². The van der Waals surface area contributed by atoms with Crippen LogP contribution in [0, 0.1) is 13.8 Å². The van der Waals surface area contributed by atoms with Crippen molar-refractivity contribution in [2.75, 3.05) is 5.32 Å². The van der Waals surface area contributed by atoms with E-state index in [0.717, 1.165) is 0 Å². The van der Waals surface area contributed by atoms with Crippen LogP contribution in [0.2, 0.25) is 0 Å². The van der Waals surface area contributed by atoms with Crippen molar-refractivity contribution in [3.05, 3.63) is 23.3 Å². The minimum Gasteiger partial charge on any atom is -0.315 e. The van der Waals surface area contributed by atoms with E-state index in [1.54, 1.807) is 13.8 Å². The van der Waals surface area contributed by atoms with Gasteiger partial charge in [0.1, 0.15) is 0 Å². The Bertz CT molecular complexity index is 487. The number of aryl methyl sites for hydroxylation is 2. The average Bonchev–Trinajstić information content (AvgIpc) is 2.75. The number of carbonyl (C=O) groups is 1. The minimum absolute atomic E-state index is 0.0816. The van der Waals surface area contributed by atoms with Crippen LogP contribution < -0.4 is 5.32 Å². The zero-order valence-corrected chi connectivity index (χ0v) is 8.24. The molecule has 2 rings (SSSR count). The molecule has 0 aromatic carbocycles. The predicted octanol–water partition coefficient (Wildman–Crippen LogP) is 0.662. The van der Waals surface area contributed by atoms with Crippen LogP contribution in [0.15, 0.2) is 10.7 Å². The third-order valence-corrected chi connectivity index (χ3v) is 1.82. The second-order valence-corrected chi connectivity index (χ2v) is 3.01. The lowest BCUT2D eigenvalue weighted by molar-refractivity contribution is 0.102. The van der Waals surface area contributed by atoms with E-state index >= 15 is 0 Å². The molecule has 0 unspecified atom stereocenters. The zero-order chi connectivity index (χ0) is 10.8. The lowest BCUT2D eigenvalue weighted by Gasteiger charge is -1.96. The number of carbonyl (C=O) groups excluding carboxylic acids is 1. The molecule has 0 radical (unpaired) electrons.